The van der Waals surface area contributed by atoms with Crippen molar-refractivity contribution in [1.82, 2.24) is 0 Å². The summed E-state index contributed by atoms with van der Waals surface area (Å²) in [6.45, 7) is 12.7. The molecule has 1 spiro atoms. The van der Waals surface area contributed by atoms with Gasteiger partial charge in [0.15, 0.2) is 12.2 Å². The van der Waals surface area contributed by atoms with Crippen LogP contribution in [-0.4, -0.2) is 94.0 Å². The largest absolute Gasteiger partial charge is 0.465 e. The summed E-state index contributed by atoms with van der Waals surface area (Å²) >= 11 is 0. The summed E-state index contributed by atoms with van der Waals surface area (Å²) in [5.74, 6) is -6.33. The van der Waals surface area contributed by atoms with Crippen molar-refractivity contribution in [2.24, 2.45) is 23.2 Å². The maximum atomic E-state index is 14.0. The molecule has 1 aliphatic heterocycles. The molecule has 2 saturated carbocycles. The zero-order chi connectivity index (χ0) is 36.0. The van der Waals surface area contributed by atoms with Gasteiger partial charge in [-0.1, -0.05) is 45.9 Å². The van der Waals surface area contributed by atoms with Crippen molar-refractivity contribution in [3.05, 3.63) is 35.9 Å². The van der Waals surface area contributed by atoms with E-state index in [-0.39, 0.29) is 5.56 Å². The van der Waals surface area contributed by atoms with Crippen LogP contribution < -0.4 is 0 Å². The molecular weight excluding hydrogens is 628 g/mol. The molecule has 1 heterocycles. The predicted molar refractivity (Wildman–Crippen MR) is 167 cm³/mol. The van der Waals surface area contributed by atoms with Crippen LogP contribution in [-0.2, 0) is 47.6 Å². The van der Waals surface area contributed by atoms with Gasteiger partial charge in [-0.25, -0.2) is 4.79 Å². The normalized spacial score (nSPS) is 35.5. The lowest BCUT2D eigenvalue weighted by atomic mass is 9.45. The molecule has 10 atom stereocenters. The van der Waals surface area contributed by atoms with Gasteiger partial charge in [-0.3, -0.25) is 19.2 Å². The van der Waals surface area contributed by atoms with E-state index in [0.717, 1.165) is 13.8 Å². The van der Waals surface area contributed by atoms with E-state index in [0.29, 0.717) is 6.42 Å². The summed E-state index contributed by atoms with van der Waals surface area (Å²) in [5.41, 5.74) is -7.86. The van der Waals surface area contributed by atoms with Crippen LogP contribution in [0.4, 0.5) is 0 Å². The number of hydrogen-bond donors (Lipinski definition) is 2. The van der Waals surface area contributed by atoms with Gasteiger partial charge >= 0.3 is 29.8 Å². The molecule has 1 aromatic rings. The lowest BCUT2D eigenvalue weighted by Gasteiger charge is -2.66. The molecule has 13 heteroatoms. The lowest BCUT2D eigenvalue weighted by Crippen LogP contribution is -2.85. The van der Waals surface area contributed by atoms with Crippen LogP contribution in [0.5, 0.6) is 0 Å². The first kappa shape index (κ1) is 37.3. The average molecular weight is 677 g/mol. The Kier molecular flexibility index (Phi) is 10.4. The molecule has 4 rings (SSSR count). The molecule has 0 amide bonds. The zero-order valence-corrected chi connectivity index (χ0v) is 29.0. The van der Waals surface area contributed by atoms with Crippen LogP contribution >= 0.6 is 0 Å². The Bertz CT molecular complexity index is 1400. The Labute approximate surface area is 280 Å². The van der Waals surface area contributed by atoms with E-state index in [2.05, 4.69) is 0 Å². The number of aliphatic hydroxyl groups excluding tert-OH is 1. The number of benzene rings is 1. The minimum absolute atomic E-state index is 0.105. The second kappa shape index (κ2) is 13.4. The van der Waals surface area contributed by atoms with Gasteiger partial charge in [0.05, 0.1) is 40.6 Å². The minimum atomic E-state index is -2.23. The molecule has 2 bridgehead atoms. The van der Waals surface area contributed by atoms with Crippen molar-refractivity contribution in [3.63, 3.8) is 0 Å². The number of fused-ring (bicyclic) bond motifs is 1. The Balaban J connectivity index is 2.11. The monoisotopic (exact) mass is 676 g/mol. The summed E-state index contributed by atoms with van der Waals surface area (Å²) in [4.78, 5) is 66.1. The van der Waals surface area contributed by atoms with Crippen LogP contribution in [0, 0.1) is 23.2 Å². The fourth-order valence-electron chi connectivity index (χ4n) is 7.82. The van der Waals surface area contributed by atoms with Crippen molar-refractivity contribution >= 4 is 29.8 Å². The molecule has 1 aromatic carbocycles. The maximum Gasteiger partial charge on any atom is 0.338 e. The molecule has 2 aliphatic carbocycles. The van der Waals surface area contributed by atoms with Crippen molar-refractivity contribution in [1.29, 1.82) is 0 Å². The van der Waals surface area contributed by atoms with Crippen LogP contribution in [0.15, 0.2) is 30.3 Å². The van der Waals surface area contributed by atoms with Crippen LogP contribution in [0.3, 0.4) is 0 Å². The van der Waals surface area contributed by atoms with E-state index in [1.165, 1.54) is 19.1 Å². The SMILES string of the molecule is CC[C@@H](C)C(=O)O[C@H]1C[C@](C)(O)[C@]23OC(C)(C)[C@H]([C@H](OC(=O)C(C)C)[C@@H](OC(=O)c4ccccc4)[C@]2(COC(C)=O)[C@H]1OC(C)=O)[C@H]3O. The molecule has 3 fully saturated rings. The number of aliphatic hydroxyl groups is 2. The van der Waals surface area contributed by atoms with Crippen LogP contribution in [0.25, 0.3) is 0 Å². The molecule has 2 N–H and O–H groups in total. The van der Waals surface area contributed by atoms with E-state index < -0.39 is 113 Å². The van der Waals surface area contributed by atoms with Gasteiger partial charge in [0, 0.05) is 20.3 Å². The fourth-order valence-corrected chi connectivity index (χ4v) is 7.82. The summed E-state index contributed by atoms with van der Waals surface area (Å²) in [6, 6.07) is 7.91. The third-order valence-electron chi connectivity index (χ3n) is 10.1. The summed E-state index contributed by atoms with van der Waals surface area (Å²) in [6.07, 6.45) is -7.97. The van der Waals surface area contributed by atoms with Crippen LogP contribution in [0.2, 0.25) is 0 Å². The molecule has 0 radical (unpaired) electrons. The lowest BCUT2D eigenvalue weighted by molar-refractivity contribution is -0.363. The van der Waals surface area contributed by atoms with E-state index in [9.17, 15) is 34.2 Å². The highest BCUT2D eigenvalue weighted by Gasteiger charge is 2.88. The van der Waals surface area contributed by atoms with Gasteiger partial charge in [-0.15, -0.1) is 0 Å². The highest BCUT2D eigenvalue weighted by molar-refractivity contribution is 5.89. The number of carbonyl (C=O) groups is 5. The summed E-state index contributed by atoms with van der Waals surface area (Å²) in [5, 5.41) is 25.0. The van der Waals surface area contributed by atoms with E-state index in [4.69, 9.17) is 28.4 Å². The molecule has 0 aromatic heterocycles. The van der Waals surface area contributed by atoms with E-state index >= 15 is 0 Å². The predicted octanol–water partition coefficient (Wildman–Crippen LogP) is 2.91. The Morgan fingerprint density at radius 3 is 2.06 bits per heavy atom. The minimum Gasteiger partial charge on any atom is -0.465 e. The fraction of sp³-hybridized carbons (Fsp3) is 0.686. The number of rotatable bonds is 10. The van der Waals surface area contributed by atoms with Crippen molar-refractivity contribution in [2.45, 2.75) is 122 Å². The highest BCUT2D eigenvalue weighted by Crippen LogP contribution is 2.69. The molecule has 13 nitrogen and oxygen atoms in total. The van der Waals surface area contributed by atoms with E-state index in [1.54, 1.807) is 59.7 Å². The van der Waals surface area contributed by atoms with Gasteiger partial charge in [0.2, 0.25) is 0 Å². The number of esters is 5. The zero-order valence-electron chi connectivity index (χ0n) is 29.0. The first-order chi connectivity index (χ1) is 22.3. The van der Waals surface area contributed by atoms with Gasteiger partial charge in [-0.05, 0) is 39.3 Å². The molecule has 0 unspecified atom stereocenters. The first-order valence-electron chi connectivity index (χ1n) is 16.4. The maximum absolute atomic E-state index is 14.0. The standard InChI is InChI=1S/C35H48O13/c1-10-19(4)30(40)45-23-16-33(9,42)35-26(38)24(32(7,8)48-35)25(46-29(39)18(2)3)28(47-31(41)22-14-12-11-13-15-22)34(35,17-43-20(5)36)27(23)44-21(6)37/h11-15,18-19,23-28,38,42H,10,16-17H2,1-9H3/t19-,23+,24-,25+,26-,27+,28-,33+,34+,35+/m1/s1. The van der Waals surface area contributed by atoms with Gasteiger partial charge in [-0.2, -0.15) is 0 Å². The number of hydrogen-bond acceptors (Lipinski definition) is 13. The molecule has 266 valence electrons. The van der Waals surface area contributed by atoms with Gasteiger partial charge in [0.1, 0.15) is 29.8 Å². The van der Waals surface area contributed by atoms with Crippen LogP contribution in [0.1, 0.15) is 85.5 Å². The third-order valence-corrected chi connectivity index (χ3v) is 10.1. The highest BCUT2D eigenvalue weighted by atomic mass is 16.6. The molecule has 1 saturated heterocycles. The second-order valence-electron chi connectivity index (χ2n) is 14.3. The van der Waals surface area contributed by atoms with Crippen molar-refractivity contribution < 1.29 is 62.6 Å². The third kappa shape index (κ3) is 6.09. The molecule has 3 aliphatic rings. The second-order valence-corrected chi connectivity index (χ2v) is 14.3. The molecular formula is C35H48O13. The Morgan fingerprint density at radius 2 is 1.52 bits per heavy atom. The first-order valence-corrected chi connectivity index (χ1v) is 16.4. The molecule has 48 heavy (non-hydrogen) atoms. The van der Waals surface area contributed by atoms with E-state index in [1.807, 2.05) is 0 Å². The van der Waals surface area contributed by atoms with Gasteiger partial charge < -0.3 is 38.6 Å². The Morgan fingerprint density at radius 1 is 0.896 bits per heavy atom. The van der Waals surface area contributed by atoms with Gasteiger partial charge in [0.25, 0.3) is 0 Å². The van der Waals surface area contributed by atoms with Crippen molar-refractivity contribution in [3.8, 4) is 0 Å². The smallest absolute Gasteiger partial charge is 0.338 e. The summed E-state index contributed by atoms with van der Waals surface area (Å²) in [7, 11) is 0. The number of ether oxygens (including phenoxy) is 6. The number of carbonyl (C=O) groups excluding carboxylic acids is 5. The van der Waals surface area contributed by atoms with Crippen molar-refractivity contribution in [2.75, 3.05) is 6.61 Å². The quantitative estimate of drug-likeness (QED) is 0.273. The topological polar surface area (TPSA) is 181 Å². The average Bonchev–Trinajstić information content (AvgIpc) is 3.18. The Hall–Kier alpha value is -3.55. The summed E-state index contributed by atoms with van der Waals surface area (Å²) < 4.78 is 36.7.